The van der Waals surface area contributed by atoms with Gasteiger partial charge in [-0.1, -0.05) is 59.6 Å². The predicted octanol–water partition coefficient (Wildman–Crippen LogP) is 3.23. The van der Waals surface area contributed by atoms with Crippen molar-refractivity contribution in [1.29, 1.82) is 0 Å². The van der Waals surface area contributed by atoms with Gasteiger partial charge in [0.25, 0.3) is 0 Å². The van der Waals surface area contributed by atoms with Crippen LogP contribution >= 0.6 is 0 Å². The summed E-state index contributed by atoms with van der Waals surface area (Å²) in [6.45, 7) is -0.702. The van der Waals surface area contributed by atoms with Gasteiger partial charge >= 0.3 is 6.62 Å². The van der Waals surface area contributed by atoms with Gasteiger partial charge in [0.05, 0.1) is 5.39 Å². The van der Waals surface area contributed by atoms with Crippen molar-refractivity contribution in [2.75, 3.05) is 26.0 Å². The highest BCUT2D eigenvalue weighted by atomic mass is 16.5. The largest absolute Gasteiger partial charge is 0.512 e. The van der Waals surface area contributed by atoms with Crippen LogP contribution in [0.25, 0.3) is 10.8 Å². The van der Waals surface area contributed by atoms with E-state index in [9.17, 15) is 0 Å². The third kappa shape index (κ3) is 1.42. The predicted molar refractivity (Wildman–Crippen MR) is 103 cm³/mol. The zero-order valence-corrected chi connectivity index (χ0v) is 14.4. The molecular formula is C20H21BN2O. The van der Waals surface area contributed by atoms with Crippen molar-refractivity contribution in [3.8, 4) is 0 Å². The summed E-state index contributed by atoms with van der Waals surface area (Å²) in [6.07, 6.45) is 0. The molecule has 0 amide bonds. The van der Waals surface area contributed by atoms with Crippen LogP contribution in [0, 0.1) is 0 Å². The summed E-state index contributed by atoms with van der Waals surface area (Å²) in [5.41, 5.74) is 5.23. The number of nitrogens with zero attached hydrogens (tertiary/aromatic N) is 2. The van der Waals surface area contributed by atoms with Crippen molar-refractivity contribution in [2.45, 2.75) is 6.61 Å². The number of rotatable bonds is 0. The minimum absolute atomic E-state index is 0.681. The number of fused-ring (bicyclic) bond motifs is 2. The topological polar surface area (TPSA) is 12.5 Å². The summed E-state index contributed by atoms with van der Waals surface area (Å²) in [5.74, 6) is 0. The highest BCUT2D eigenvalue weighted by molar-refractivity contribution is 6.92. The fourth-order valence-corrected chi connectivity index (χ4v) is 5.07. The van der Waals surface area contributed by atoms with Gasteiger partial charge in [-0.15, -0.1) is 0 Å². The number of hydrogen-bond acceptors (Lipinski definition) is 2. The van der Waals surface area contributed by atoms with Crippen LogP contribution in [0.3, 0.4) is 0 Å². The molecule has 0 radical (unpaired) electrons. The van der Waals surface area contributed by atoms with Gasteiger partial charge in [-0.2, -0.15) is 0 Å². The van der Waals surface area contributed by atoms with Gasteiger partial charge in [-0.05, 0) is 24.6 Å². The van der Waals surface area contributed by atoms with Crippen LogP contribution in [0.4, 0.5) is 11.4 Å². The molecule has 0 saturated heterocycles. The van der Waals surface area contributed by atoms with Crippen LogP contribution in [0.2, 0.25) is 0 Å². The number of hydrogen-bond donors (Lipinski definition) is 0. The van der Waals surface area contributed by atoms with E-state index in [1.54, 1.807) is 0 Å². The zero-order chi connectivity index (χ0) is 16.5. The Hall–Kier alpha value is -2.30. The van der Waals surface area contributed by atoms with Crippen LogP contribution in [0.1, 0.15) is 5.56 Å². The molecule has 120 valence electrons. The van der Waals surface area contributed by atoms with E-state index in [0.717, 1.165) is 0 Å². The summed E-state index contributed by atoms with van der Waals surface area (Å²) < 4.78 is 7.34. The van der Waals surface area contributed by atoms with Crippen molar-refractivity contribution in [2.24, 2.45) is 0 Å². The maximum atomic E-state index is 6.63. The molecule has 0 aliphatic carbocycles. The molecule has 24 heavy (non-hydrogen) atoms. The molecular weight excluding hydrogens is 295 g/mol. The Morgan fingerprint density at radius 3 is 2.54 bits per heavy atom. The molecule has 2 aliphatic rings. The van der Waals surface area contributed by atoms with E-state index in [2.05, 4.69) is 86.6 Å². The third-order valence-electron chi connectivity index (χ3n) is 6.19. The lowest BCUT2D eigenvalue weighted by Crippen LogP contribution is -2.81. The monoisotopic (exact) mass is 316 g/mol. The first kappa shape index (κ1) is 14.1. The van der Waals surface area contributed by atoms with E-state index >= 15 is 0 Å². The van der Waals surface area contributed by atoms with Crippen molar-refractivity contribution < 1.29 is 4.65 Å². The average molecular weight is 316 g/mol. The van der Waals surface area contributed by atoms with E-state index < -0.39 is 6.62 Å². The Morgan fingerprint density at radius 2 is 1.71 bits per heavy atom. The van der Waals surface area contributed by atoms with Crippen molar-refractivity contribution >= 4 is 34.2 Å². The molecule has 0 unspecified atom stereocenters. The Kier molecular flexibility index (Phi) is 2.59. The quantitative estimate of drug-likeness (QED) is 0.591. The molecule has 3 aromatic carbocycles. The molecule has 2 aliphatic heterocycles. The lowest BCUT2D eigenvalue weighted by Gasteiger charge is -2.60. The standard InChI is InChI=1S/C20H21BN2O/c1-22-18-12-6-9-15-10-7-13-19(20(15)18)23(2,3)21(22)17-11-5-4-8-16(17)14-24-21/h4-13H,14H2,1-3H3/t21-/m0/s1. The van der Waals surface area contributed by atoms with Crippen LogP contribution in [0.5, 0.6) is 0 Å². The second-order valence-electron chi connectivity index (χ2n) is 7.52. The molecule has 0 fully saturated rings. The molecule has 0 aromatic heterocycles. The van der Waals surface area contributed by atoms with E-state index in [0.29, 0.717) is 11.0 Å². The van der Waals surface area contributed by atoms with Crippen molar-refractivity contribution in [1.82, 2.24) is 4.39 Å². The fraction of sp³-hybridized carbons (Fsp3) is 0.200. The van der Waals surface area contributed by atoms with Crippen LogP contribution in [0.15, 0.2) is 60.7 Å². The molecule has 2 heterocycles. The lowest BCUT2D eigenvalue weighted by atomic mass is 9.51. The zero-order valence-electron chi connectivity index (χ0n) is 14.4. The summed E-state index contributed by atoms with van der Waals surface area (Å²) in [6, 6.07) is 21.9. The van der Waals surface area contributed by atoms with E-state index in [4.69, 9.17) is 4.65 Å². The molecule has 0 N–H and O–H groups in total. The molecule has 5 rings (SSSR count). The second-order valence-corrected chi connectivity index (χ2v) is 7.52. The minimum Gasteiger partial charge on any atom is -0.512 e. The van der Waals surface area contributed by atoms with Crippen LogP contribution < -0.4 is 14.7 Å². The summed E-state index contributed by atoms with van der Waals surface area (Å²) in [7, 11) is 6.75. The first-order chi connectivity index (χ1) is 11.6. The van der Waals surface area contributed by atoms with Crippen LogP contribution in [-0.4, -0.2) is 27.8 Å². The fourth-order valence-electron chi connectivity index (χ4n) is 5.07. The molecule has 3 nitrogen and oxygen atoms in total. The third-order valence-corrected chi connectivity index (χ3v) is 6.19. The Morgan fingerprint density at radius 1 is 0.958 bits per heavy atom. The van der Waals surface area contributed by atoms with E-state index in [1.807, 2.05) is 0 Å². The Bertz CT molecular complexity index is 979. The van der Waals surface area contributed by atoms with E-state index in [-0.39, 0.29) is 0 Å². The maximum absolute atomic E-state index is 6.63. The summed E-state index contributed by atoms with van der Waals surface area (Å²) >= 11 is 0. The molecule has 3 aromatic rings. The number of anilines is 1. The highest BCUT2D eigenvalue weighted by Gasteiger charge is 2.57. The van der Waals surface area contributed by atoms with Gasteiger partial charge in [-0.3, -0.25) is 0 Å². The van der Waals surface area contributed by atoms with Crippen molar-refractivity contribution in [3.63, 3.8) is 0 Å². The van der Waals surface area contributed by atoms with Gasteiger partial charge < -0.3 is 13.9 Å². The van der Waals surface area contributed by atoms with Gasteiger partial charge in [0.15, 0.2) is 0 Å². The molecule has 4 heteroatoms. The van der Waals surface area contributed by atoms with Gasteiger partial charge in [0.2, 0.25) is 0 Å². The summed E-state index contributed by atoms with van der Waals surface area (Å²) in [4.78, 5) is 2.39. The SMILES string of the molecule is CN1c2cccc3cccc(c23)[N+](C)(C)[B@@-]12OCc1ccccc12. The molecule has 1 spiro atoms. The number of benzene rings is 3. The molecule has 0 saturated carbocycles. The molecule has 0 bridgehead atoms. The van der Waals surface area contributed by atoms with Gasteiger partial charge in [-0.25, -0.2) is 0 Å². The molecule has 1 atom stereocenters. The summed E-state index contributed by atoms with van der Waals surface area (Å²) in [5, 5.41) is 2.63. The normalized spacial score (nSPS) is 23.7. The first-order valence-electron chi connectivity index (χ1n) is 8.54. The second kappa shape index (κ2) is 4.41. The van der Waals surface area contributed by atoms with Crippen LogP contribution in [-0.2, 0) is 11.3 Å². The maximum Gasteiger partial charge on any atom is 0.472 e. The van der Waals surface area contributed by atoms with Gasteiger partial charge in [0, 0.05) is 26.4 Å². The Labute approximate surface area is 142 Å². The number of quaternary nitrogens is 1. The van der Waals surface area contributed by atoms with E-state index in [1.165, 1.54) is 33.2 Å². The van der Waals surface area contributed by atoms with Crippen molar-refractivity contribution in [3.05, 3.63) is 66.2 Å². The smallest absolute Gasteiger partial charge is 0.472 e. The minimum atomic E-state index is -1.38. The Balaban J connectivity index is 1.91. The lowest BCUT2D eigenvalue weighted by molar-refractivity contribution is 0.272. The van der Waals surface area contributed by atoms with Gasteiger partial charge in [0.1, 0.15) is 5.69 Å². The highest BCUT2D eigenvalue weighted by Crippen LogP contribution is 2.47. The average Bonchev–Trinajstić information content (AvgIpc) is 3.00. The first-order valence-corrected chi connectivity index (χ1v) is 8.54.